The molecule has 29 heavy (non-hydrogen) atoms. The van der Waals surface area contributed by atoms with Crippen LogP contribution in [0.15, 0.2) is 47.2 Å². The molecule has 0 saturated heterocycles. The van der Waals surface area contributed by atoms with Gasteiger partial charge in [0, 0.05) is 17.5 Å². The summed E-state index contributed by atoms with van der Waals surface area (Å²) in [6.07, 6.45) is 0. The van der Waals surface area contributed by atoms with E-state index in [4.69, 9.17) is 23.2 Å². The van der Waals surface area contributed by atoms with Gasteiger partial charge in [0.25, 0.3) is 0 Å². The van der Waals surface area contributed by atoms with Gasteiger partial charge in [0.05, 0.1) is 22.3 Å². The van der Waals surface area contributed by atoms with Crippen LogP contribution >= 0.6 is 34.5 Å². The average molecular weight is 447 g/mol. The number of rotatable bonds is 6. The molecule has 0 spiro atoms. The Kier molecular flexibility index (Phi) is 5.66. The number of fused-ring (bicyclic) bond motifs is 1. The van der Waals surface area contributed by atoms with E-state index < -0.39 is 0 Å². The molecular formula is C19H16Cl2N6OS. The number of hydrogen-bond acceptors (Lipinski definition) is 6. The fourth-order valence-corrected chi connectivity index (χ4v) is 3.97. The van der Waals surface area contributed by atoms with Crippen LogP contribution in [0.4, 0.5) is 11.5 Å². The van der Waals surface area contributed by atoms with Crippen molar-refractivity contribution in [1.29, 1.82) is 0 Å². The van der Waals surface area contributed by atoms with Crippen LogP contribution in [0, 0.1) is 0 Å². The third-order valence-corrected chi connectivity index (χ3v) is 5.61. The molecule has 0 radical (unpaired) electrons. The second-order valence-electron chi connectivity index (χ2n) is 6.16. The van der Waals surface area contributed by atoms with E-state index in [0.29, 0.717) is 39.6 Å². The number of hydrogen-bond donors (Lipinski definition) is 1. The number of nitrogens with one attached hydrogen (secondary N) is 1. The van der Waals surface area contributed by atoms with Crippen LogP contribution in [0.1, 0.15) is 6.92 Å². The Bertz CT molecular complexity index is 1140. The summed E-state index contributed by atoms with van der Waals surface area (Å²) in [7, 11) is 0. The topological polar surface area (TPSA) is 75.4 Å². The molecule has 0 unspecified atom stereocenters. The molecule has 0 fully saturated rings. The van der Waals surface area contributed by atoms with E-state index in [9.17, 15) is 4.79 Å². The van der Waals surface area contributed by atoms with Gasteiger partial charge in [-0.2, -0.15) is 15.9 Å². The van der Waals surface area contributed by atoms with Crippen LogP contribution in [0.2, 0.25) is 10.0 Å². The highest BCUT2D eigenvalue weighted by Gasteiger charge is 2.16. The van der Waals surface area contributed by atoms with E-state index in [-0.39, 0.29) is 12.5 Å². The van der Waals surface area contributed by atoms with Gasteiger partial charge in [0.2, 0.25) is 5.91 Å². The summed E-state index contributed by atoms with van der Waals surface area (Å²) in [5.74, 6) is 1.05. The van der Waals surface area contributed by atoms with Crippen LogP contribution in [-0.4, -0.2) is 38.8 Å². The zero-order valence-corrected chi connectivity index (χ0v) is 17.7. The lowest BCUT2D eigenvalue weighted by atomic mass is 10.3. The largest absolute Gasteiger partial charge is 0.346 e. The van der Waals surface area contributed by atoms with Gasteiger partial charge in [0.15, 0.2) is 11.5 Å². The Morgan fingerprint density at radius 2 is 1.97 bits per heavy atom. The van der Waals surface area contributed by atoms with Gasteiger partial charge in [0.1, 0.15) is 5.82 Å². The molecule has 148 valence electrons. The third kappa shape index (κ3) is 4.05. The monoisotopic (exact) mass is 446 g/mol. The van der Waals surface area contributed by atoms with Crippen molar-refractivity contribution in [3.63, 3.8) is 0 Å². The quantitative estimate of drug-likeness (QED) is 0.467. The zero-order valence-electron chi connectivity index (χ0n) is 15.3. The highest BCUT2D eigenvalue weighted by atomic mass is 35.5. The third-order valence-electron chi connectivity index (χ3n) is 4.30. The standard InChI is InChI=1S/C19H16Cl2N6OS/c1-2-26(10-17(28)22-18-13(20)4-3-5-14(18)21)16-7-6-15-23-24-19(27(15)25-16)12-8-9-29-11-12/h3-9,11H,2,10H2,1H3,(H,22,28). The molecule has 0 saturated carbocycles. The normalized spacial score (nSPS) is 11.0. The van der Waals surface area contributed by atoms with Gasteiger partial charge < -0.3 is 10.2 Å². The minimum atomic E-state index is -0.245. The van der Waals surface area contributed by atoms with Crippen molar-refractivity contribution in [3.05, 3.63) is 57.2 Å². The van der Waals surface area contributed by atoms with Crippen LogP contribution in [0.3, 0.4) is 0 Å². The maximum absolute atomic E-state index is 12.6. The van der Waals surface area contributed by atoms with Gasteiger partial charge in [-0.05, 0) is 42.6 Å². The van der Waals surface area contributed by atoms with Gasteiger partial charge in [-0.3, -0.25) is 4.79 Å². The number of nitrogens with zero attached hydrogens (tertiary/aromatic N) is 5. The molecule has 3 heterocycles. The van der Waals surface area contributed by atoms with Crippen LogP contribution < -0.4 is 10.2 Å². The second kappa shape index (κ2) is 8.36. The van der Waals surface area contributed by atoms with E-state index in [1.54, 1.807) is 34.1 Å². The van der Waals surface area contributed by atoms with Crippen LogP contribution in [0.25, 0.3) is 17.0 Å². The van der Waals surface area contributed by atoms with Gasteiger partial charge in [-0.25, -0.2) is 0 Å². The molecule has 0 atom stereocenters. The van der Waals surface area contributed by atoms with Crippen molar-refractivity contribution >= 4 is 57.6 Å². The highest BCUT2D eigenvalue weighted by Crippen LogP contribution is 2.29. The molecule has 7 nitrogen and oxygen atoms in total. The number of halogens is 2. The fraction of sp³-hybridized carbons (Fsp3) is 0.158. The summed E-state index contributed by atoms with van der Waals surface area (Å²) in [6.45, 7) is 2.62. The van der Waals surface area contributed by atoms with Gasteiger partial charge >= 0.3 is 0 Å². The molecule has 0 aliphatic rings. The SMILES string of the molecule is CCN(CC(=O)Nc1c(Cl)cccc1Cl)c1ccc2nnc(-c3ccsc3)n2n1. The first-order chi connectivity index (χ1) is 14.1. The molecule has 1 amide bonds. The van der Waals surface area contributed by atoms with E-state index in [2.05, 4.69) is 20.6 Å². The fourth-order valence-electron chi connectivity index (χ4n) is 2.84. The number of benzene rings is 1. The van der Waals surface area contributed by atoms with E-state index in [0.717, 1.165) is 5.56 Å². The molecular weight excluding hydrogens is 431 g/mol. The van der Waals surface area contributed by atoms with Gasteiger partial charge in [-0.1, -0.05) is 29.3 Å². The lowest BCUT2D eigenvalue weighted by Crippen LogP contribution is -2.34. The maximum atomic E-state index is 12.6. The molecule has 0 bridgehead atoms. The Morgan fingerprint density at radius 1 is 1.17 bits per heavy atom. The summed E-state index contributed by atoms with van der Waals surface area (Å²) in [6, 6.07) is 10.7. The van der Waals surface area contributed by atoms with Crippen LogP contribution in [0.5, 0.6) is 0 Å². The molecule has 0 aliphatic heterocycles. The lowest BCUT2D eigenvalue weighted by Gasteiger charge is -2.21. The summed E-state index contributed by atoms with van der Waals surface area (Å²) in [4.78, 5) is 14.4. The number of carbonyl (C=O) groups is 1. The summed E-state index contributed by atoms with van der Waals surface area (Å²) in [5.41, 5.74) is 1.98. The van der Waals surface area contributed by atoms with E-state index >= 15 is 0 Å². The van der Waals surface area contributed by atoms with Gasteiger partial charge in [-0.15, -0.1) is 15.3 Å². The van der Waals surface area contributed by atoms with Crippen LogP contribution in [-0.2, 0) is 4.79 Å². The summed E-state index contributed by atoms with van der Waals surface area (Å²) < 4.78 is 1.68. The number of thiophene rings is 1. The van der Waals surface area contributed by atoms with E-state index in [1.807, 2.05) is 40.8 Å². The Hall–Kier alpha value is -2.68. The number of anilines is 2. The Labute approximate surface area is 180 Å². The number of amides is 1. The molecule has 3 aromatic heterocycles. The summed E-state index contributed by atoms with van der Waals surface area (Å²) in [5, 5.41) is 20.6. The molecule has 1 N–H and O–H groups in total. The van der Waals surface area contributed by atoms with Crippen molar-refractivity contribution < 1.29 is 4.79 Å². The molecule has 10 heteroatoms. The van der Waals surface area contributed by atoms with Crippen molar-refractivity contribution in [1.82, 2.24) is 19.8 Å². The number of para-hydroxylation sites is 1. The first-order valence-corrected chi connectivity index (χ1v) is 10.5. The van der Waals surface area contributed by atoms with E-state index in [1.165, 1.54) is 0 Å². The zero-order chi connectivity index (χ0) is 20.4. The molecule has 0 aliphatic carbocycles. The first kappa shape index (κ1) is 19.6. The maximum Gasteiger partial charge on any atom is 0.244 e. The van der Waals surface area contributed by atoms with Crippen molar-refractivity contribution in [3.8, 4) is 11.4 Å². The molecule has 4 rings (SSSR count). The minimum absolute atomic E-state index is 0.0898. The number of aromatic nitrogens is 4. The first-order valence-electron chi connectivity index (χ1n) is 8.80. The molecule has 1 aromatic carbocycles. The number of likely N-dealkylation sites (N-methyl/N-ethyl adjacent to an activating group) is 1. The minimum Gasteiger partial charge on any atom is -0.346 e. The van der Waals surface area contributed by atoms with Crippen molar-refractivity contribution in [2.24, 2.45) is 0 Å². The lowest BCUT2D eigenvalue weighted by molar-refractivity contribution is -0.115. The second-order valence-corrected chi connectivity index (χ2v) is 7.75. The average Bonchev–Trinajstić information content (AvgIpc) is 3.38. The van der Waals surface area contributed by atoms with Crippen molar-refractivity contribution in [2.45, 2.75) is 6.92 Å². The smallest absolute Gasteiger partial charge is 0.244 e. The van der Waals surface area contributed by atoms with Crippen molar-refractivity contribution in [2.75, 3.05) is 23.3 Å². The Balaban J connectivity index is 1.58. The summed E-state index contributed by atoms with van der Waals surface area (Å²) >= 11 is 13.9. The number of carbonyl (C=O) groups excluding carboxylic acids is 1. The Morgan fingerprint density at radius 3 is 2.66 bits per heavy atom. The predicted molar refractivity (Wildman–Crippen MR) is 117 cm³/mol. The predicted octanol–water partition coefficient (Wildman–Crippen LogP) is 4.62. The highest BCUT2D eigenvalue weighted by molar-refractivity contribution is 7.08. The molecule has 4 aromatic rings.